The van der Waals surface area contributed by atoms with Crippen LogP contribution in [0.3, 0.4) is 0 Å². The van der Waals surface area contributed by atoms with E-state index in [1.807, 2.05) is 51.0 Å². The molecule has 2 aromatic carbocycles. The highest BCUT2D eigenvalue weighted by Gasteiger charge is 2.29. The lowest BCUT2D eigenvalue weighted by Gasteiger charge is -2.19. The van der Waals surface area contributed by atoms with Gasteiger partial charge in [-0.05, 0) is 71.0 Å². The number of aliphatic imine (C=N–C) groups is 1. The zero-order valence-electron chi connectivity index (χ0n) is 21.6. The summed E-state index contributed by atoms with van der Waals surface area (Å²) in [5.41, 5.74) is 4.74. The van der Waals surface area contributed by atoms with E-state index in [0.717, 1.165) is 41.8 Å². The second kappa shape index (κ2) is 10.1. The first kappa shape index (κ1) is 24.7. The van der Waals surface area contributed by atoms with Crippen molar-refractivity contribution in [2.45, 2.75) is 45.3 Å². The van der Waals surface area contributed by atoms with Gasteiger partial charge in [-0.1, -0.05) is 23.4 Å². The minimum Gasteiger partial charge on any atom is -0.490 e. The largest absolute Gasteiger partial charge is 0.490 e. The molecule has 1 fully saturated rings. The van der Waals surface area contributed by atoms with E-state index < -0.39 is 0 Å². The number of carbonyl (C=O) groups is 1. The molecule has 2 heterocycles. The lowest BCUT2D eigenvalue weighted by molar-refractivity contribution is 0.213. The van der Waals surface area contributed by atoms with Crippen molar-refractivity contribution >= 4 is 11.7 Å². The van der Waals surface area contributed by atoms with Crippen LogP contribution in [-0.4, -0.2) is 71.0 Å². The number of nitriles is 1. The van der Waals surface area contributed by atoms with E-state index in [9.17, 15) is 10.1 Å². The van der Waals surface area contributed by atoms with Crippen LogP contribution in [0.4, 0.5) is 4.79 Å². The first-order chi connectivity index (χ1) is 17.8. The van der Waals surface area contributed by atoms with Crippen molar-refractivity contribution < 1.29 is 14.1 Å². The predicted molar refractivity (Wildman–Crippen MR) is 140 cm³/mol. The van der Waals surface area contributed by atoms with E-state index in [2.05, 4.69) is 26.1 Å². The van der Waals surface area contributed by atoms with Crippen LogP contribution < -0.4 is 4.74 Å². The molecule has 1 atom stereocenters. The van der Waals surface area contributed by atoms with E-state index in [4.69, 9.17) is 9.26 Å². The summed E-state index contributed by atoms with van der Waals surface area (Å²) in [6.07, 6.45) is 2.37. The molecule has 1 saturated heterocycles. The van der Waals surface area contributed by atoms with Crippen molar-refractivity contribution in [1.82, 2.24) is 19.9 Å². The van der Waals surface area contributed by atoms with Gasteiger partial charge in [-0.3, -0.25) is 0 Å². The molecule has 0 N–H and O–H groups in total. The van der Waals surface area contributed by atoms with Crippen LogP contribution >= 0.6 is 0 Å². The first-order valence-corrected chi connectivity index (χ1v) is 12.5. The number of nitrogens with zero attached hydrogens (tertiary/aromatic N) is 6. The van der Waals surface area contributed by atoms with Gasteiger partial charge >= 0.3 is 6.03 Å². The number of aromatic nitrogens is 2. The summed E-state index contributed by atoms with van der Waals surface area (Å²) in [4.78, 5) is 26.0. The Kier molecular flexibility index (Phi) is 6.76. The summed E-state index contributed by atoms with van der Waals surface area (Å²) in [6, 6.07) is 13.5. The SMILES string of the molecule is CC(C)Oc1ccc(-c2nc(-c3cccc4c3CCC4=NC(=O)N3CC[C@H](N(C)C)C3)no2)cc1C#N. The molecule has 9 nitrogen and oxygen atoms in total. The average molecular weight is 499 g/mol. The van der Waals surface area contributed by atoms with Crippen LogP contribution in [-0.2, 0) is 6.42 Å². The van der Waals surface area contributed by atoms with Crippen molar-refractivity contribution in [3.8, 4) is 34.7 Å². The quantitative estimate of drug-likeness (QED) is 0.508. The lowest BCUT2D eigenvalue weighted by Crippen LogP contribution is -2.33. The van der Waals surface area contributed by atoms with E-state index >= 15 is 0 Å². The molecule has 0 saturated carbocycles. The Morgan fingerprint density at radius 2 is 2.05 bits per heavy atom. The van der Waals surface area contributed by atoms with E-state index in [-0.39, 0.29) is 12.1 Å². The third kappa shape index (κ3) is 4.98. The van der Waals surface area contributed by atoms with Crippen molar-refractivity contribution in [1.29, 1.82) is 5.26 Å². The van der Waals surface area contributed by atoms with Crippen molar-refractivity contribution in [3.05, 3.63) is 53.1 Å². The molecule has 1 aliphatic heterocycles. The van der Waals surface area contributed by atoms with Crippen LogP contribution in [0.5, 0.6) is 5.75 Å². The minimum absolute atomic E-state index is 0.0397. The second-order valence-electron chi connectivity index (χ2n) is 9.94. The van der Waals surface area contributed by atoms with Gasteiger partial charge in [0.15, 0.2) is 0 Å². The summed E-state index contributed by atoms with van der Waals surface area (Å²) >= 11 is 0. The zero-order chi connectivity index (χ0) is 26.1. The van der Waals surface area contributed by atoms with Gasteiger partial charge in [0.05, 0.1) is 17.4 Å². The molecular weight excluding hydrogens is 468 g/mol. The molecule has 0 bridgehead atoms. The minimum atomic E-state index is -0.169. The van der Waals surface area contributed by atoms with Gasteiger partial charge in [0.25, 0.3) is 5.89 Å². The number of hydrogen-bond donors (Lipinski definition) is 0. The number of fused-ring (bicyclic) bond motifs is 1. The summed E-state index contributed by atoms with van der Waals surface area (Å²) in [5, 5.41) is 13.8. The molecule has 190 valence electrons. The number of amides is 2. The van der Waals surface area contributed by atoms with Crippen LogP contribution in [0.1, 0.15) is 43.4 Å². The summed E-state index contributed by atoms with van der Waals surface area (Å²) in [7, 11) is 4.09. The molecule has 2 amide bonds. The fraction of sp³-hybridized carbons (Fsp3) is 0.393. The lowest BCUT2D eigenvalue weighted by atomic mass is 10.0. The van der Waals surface area contributed by atoms with Gasteiger partial charge in [-0.25, -0.2) is 4.79 Å². The second-order valence-corrected chi connectivity index (χ2v) is 9.94. The number of likely N-dealkylation sites (tertiary alicyclic amines) is 1. The van der Waals surface area contributed by atoms with Gasteiger partial charge in [-0.15, -0.1) is 0 Å². The van der Waals surface area contributed by atoms with Crippen LogP contribution in [0.25, 0.3) is 22.8 Å². The molecule has 0 radical (unpaired) electrons. The molecule has 5 rings (SSSR count). The van der Waals surface area contributed by atoms with Gasteiger partial charge in [0, 0.05) is 35.8 Å². The molecule has 1 aliphatic carbocycles. The van der Waals surface area contributed by atoms with E-state index in [0.29, 0.717) is 47.6 Å². The van der Waals surface area contributed by atoms with E-state index in [1.165, 1.54) is 0 Å². The Bertz CT molecular complexity index is 1400. The molecule has 0 spiro atoms. The van der Waals surface area contributed by atoms with Crippen molar-refractivity contribution in [2.75, 3.05) is 27.2 Å². The Morgan fingerprint density at radius 3 is 2.78 bits per heavy atom. The van der Waals surface area contributed by atoms with Gasteiger partial charge in [0.1, 0.15) is 11.8 Å². The van der Waals surface area contributed by atoms with Gasteiger partial charge < -0.3 is 19.1 Å². The number of carbonyl (C=O) groups excluding carboxylic acids is 1. The third-order valence-electron chi connectivity index (χ3n) is 6.87. The van der Waals surface area contributed by atoms with Gasteiger partial charge in [-0.2, -0.15) is 15.2 Å². The van der Waals surface area contributed by atoms with Crippen LogP contribution in [0, 0.1) is 11.3 Å². The van der Waals surface area contributed by atoms with Crippen molar-refractivity contribution in [3.63, 3.8) is 0 Å². The number of likely N-dealkylation sites (N-methyl/N-ethyl adjacent to an activating group) is 1. The number of rotatable bonds is 5. The molecule has 2 aliphatic rings. The highest BCUT2D eigenvalue weighted by molar-refractivity contribution is 6.10. The smallest absolute Gasteiger partial charge is 0.343 e. The van der Waals surface area contributed by atoms with E-state index in [1.54, 1.807) is 18.2 Å². The molecular formula is C28H30N6O3. The molecule has 1 aromatic heterocycles. The topological polar surface area (TPSA) is 108 Å². The maximum Gasteiger partial charge on any atom is 0.343 e. The predicted octanol–water partition coefficient (Wildman–Crippen LogP) is 4.55. The first-order valence-electron chi connectivity index (χ1n) is 12.5. The Balaban J connectivity index is 1.39. The molecule has 3 aromatic rings. The summed E-state index contributed by atoms with van der Waals surface area (Å²) in [6.45, 7) is 5.27. The number of ether oxygens (including phenoxy) is 1. The Hall–Kier alpha value is -4.03. The number of hydrogen-bond acceptors (Lipinski definition) is 7. The Labute approximate surface area is 216 Å². The number of urea groups is 1. The normalized spacial score (nSPS) is 18.0. The van der Waals surface area contributed by atoms with Gasteiger partial charge in [0.2, 0.25) is 5.82 Å². The maximum absolute atomic E-state index is 12.9. The molecule has 37 heavy (non-hydrogen) atoms. The molecule has 9 heteroatoms. The molecule has 0 unspecified atom stereocenters. The Morgan fingerprint density at radius 1 is 1.24 bits per heavy atom. The standard InChI is InChI=1S/C28H30N6O3/c1-17(2)36-25-11-8-18(14-19(25)15-29)27-31-26(32-37-27)23-7-5-6-22-21(23)9-10-24(22)30-28(35)34-13-12-20(16-34)33(3)4/h5-8,11,14,17,20H,9-10,12-13,16H2,1-4H3/t20-/m0/s1. The zero-order valence-corrected chi connectivity index (χ0v) is 21.6. The summed E-state index contributed by atoms with van der Waals surface area (Å²) < 4.78 is 11.3. The average Bonchev–Trinajstić information content (AvgIpc) is 3.64. The third-order valence-corrected chi connectivity index (χ3v) is 6.87. The monoisotopic (exact) mass is 498 g/mol. The van der Waals surface area contributed by atoms with Crippen LogP contribution in [0.2, 0.25) is 0 Å². The maximum atomic E-state index is 12.9. The van der Waals surface area contributed by atoms with Crippen molar-refractivity contribution in [2.24, 2.45) is 4.99 Å². The van der Waals surface area contributed by atoms with Crippen LogP contribution in [0.15, 0.2) is 45.9 Å². The highest BCUT2D eigenvalue weighted by atomic mass is 16.5. The summed E-state index contributed by atoms with van der Waals surface area (Å²) in [5.74, 6) is 1.31. The fourth-order valence-electron chi connectivity index (χ4n) is 4.91. The fourth-order valence-corrected chi connectivity index (χ4v) is 4.91. The number of benzene rings is 2. The highest BCUT2D eigenvalue weighted by Crippen LogP contribution is 2.33.